The number of amides is 2. The van der Waals surface area contributed by atoms with Gasteiger partial charge in [-0.25, -0.2) is 4.39 Å². The largest absolute Gasteiger partial charge is 0.341 e. The molecule has 1 aliphatic carbocycles. The first-order chi connectivity index (χ1) is 7.53. The summed E-state index contributed by atoms with van der Waals surface area (Å²) in [6.07, 6.45) is 1.85. The number of alkyl halides is 1. The SMILES string of the molecule is CN1C(=O)C[C@H]2[C@@H]1CCN2C(=O)C1(F)CC1. The molecule has 88 valence electrons. The van der Waals surface area contributed by atoms with E-state index in [1.54, 1.807) is 16.8 Å². The van der Waals surface area contributed by atoms with Crippen LogP contribution in [0.1, 0.15) is 25.7 Å². The number of hydrogen-bond acceptors (Lipinski definition) is 2. The Morgan fingerprint density at radius 1 is 1.44 bits per heavy atom. The normalized spacial score (nSPS) is 35.5. The Balaban J connectivity index is 1.79. The van der Waals surface area contributed by atoms with Crippen LogP contribution in [0.25, 0.3) is 0 Å². The maximum Gasteiger partial charge on any atom is 0.260 e. The zero-order valence-corrected chi connectivity index (χ0v) is 9.28. The van der Waals surface area contributed by atoms with Crippen LogP contribution in [0.15, 0.2) is 0 Å². The summed E-state index contributed by atoms with van der Waals surface area (Å²) in [5, 5.41) is 0. The van der Waals surface area contributed by atoms with Crippen LogP contribution in [-0.2, 0) is 9.59 Å². The molecule has 2 atom stereocenters. The van der Waals surface area contributed by atoms with Gasteiger partial charge in [0, 0.05) is 20.0 Å². The number of hydrogen-bond donors (Lipinski definition) is 0. The summed E-state index contributed by atoms with van der Waals surface area (Å²) in [5.74, 6) is -0.320. The molecule has 2 aliphatic heterocycles. The molecule has 0 aromatic heterocycles. The molecule has 3 rings (SSSR count). The van der Waals surface area contributed by atoms with Gasteiger partial charge < -0.3 is 9.80 Å². The number of carbonyl (C=O) groups is 2. The Bertz CT molecular complexity index is 367. The Kier molecular flexibility index (Phi) is 1.86. The van der Waals surface area contributed by atoms with Crippen molar-refractivity contribution in [2.75, 3.05) is 13.6 Å². The number of likely N-dealkylation sites (tertiary alicyclic amines) is 2. The van der Waals surface area contributed by atoms with E-state index in [0.717, 1.165) is 6.42 Å². The number of fused-ring (bicyclic) bond motifs is 1. The predicted molar refractivity (Wildman–Crippen MR) is 54.4 cm³/mol. The predicted octanol–water partition coefficient (Wildman–Crippen LogP) is 0.320. The van der Waals surface area contributed by atoms with Crippen molar-refractivity contribution >= 4 is 11.8 Å². The van der Waals surface area contributed by atoms with Gasteiger partial charge in [-0.15, -0.1) is 0 Å². The monoisotopic (exact) mass is 226 g/mol. The summed E-state index contributed by atoms with van der Waals surface area (Å²) < 4.78 is 13.7. The summed E-state index contributed by atoms with van der Waals surface area (Å²) in [6.45, 7) is 0.595. The molecule has 2 saturated heterocycles. The third-order valence-electron chi connectivity index (χ3n) is 4.12. The lowest BCUT2D eigenvalue weighted by atomic mass is 10.1. The van der Waals surface area contributed by atoms with Gasteiger partial charge in [-0.1, -0.05) is 0 Å². The van der Waals surface area contributed by atoms with Crippen LogP contribution in [-0.4, -0.2) is 53.0 Å². The zero-order valence-electron chi connectivity index (χ0n) is 9.28. The Morgan fingerprint density at radius 3 is 2.75 bits per heavy atom. The van der Waals surface area contributed by atoms with Crippen LogP contribution in [0.3, 0.4) is 0 Å². The van der Waals surface area contributed by atoms with Crippen molar-refractivity contribution in [1.82, 2.24) is 9.80 Å². The van der Waals surface area contributed by atoms with E-state index in [4.69, 9.17) is 0 Å². The van der Waals surface area contributed by atoms with Gasteiger partial charge in [0.15, 0.2) is 5.67 Å². The summed E-state index contributed by atoms with van der Waals surface area (Å²) in [7, 11) is 1.77. The molecule has 5 heteroatoms. The lowest BCUT2D eigenvalue weighted by Crippen LogP contribution is -2.43. The van der Waals surface area contributed by atoms with Crippen molar-refractivity contribution in [2.24, 2.45) is 0 Å². The first-order valence-electron chi connectivity index (χ1n) is 5.78. The molecule has 3 aliphatic rings. The molecule has 16 heavy (non-hydrogen) atoms. The van der Waals surface area contributed by atoms with E-state index in [9.17, 15) is 14.0 Å². The average molecular weight is 226 g/mol. The van der Waals surface area contributed by atoms with Crippen molar-refractivity contribution < 1.29 is 14.0 Å². The second kappa shape index (κ2) is 2.96. The van der Waals surface area contributed by atoms with E-state index in [-0.39, 0.29) is 23.9 Å². The summed E-state index contributed by atoms with van der Waals surface area (Å²) in [5.41, 5.74) is -1.60. The minimum atomic E-state index is -1.60. The molecular formula is C11H15FN2O2. The lowest BCUT2D eigenvalue weighted by Gasteiger charge is -2.24. The van der Waals surface area contributed by atoms with Gasteiger partial charge in [0.05, 0.1) is 12.1 Å². The fourth-order valence-electron chi connectivity index (χ4n) is 2.88. The Labute approximate surface area is 93.4 Å². The van der Waals surface area contributed by atoms with Crippen LogP contribution < -0.4 is 0 Å². The van der Waals surface area contributed by atoms with Crippen LogP contribution in [0.5, 0.6) is 0 Å². The van der Waals surface area contributed by atoms with E-state index >= 15 is 0 Å². The Hall–Kier alpha value is -1.13. The highest BCUT2D eigenvalue weighted by atomic mass is 19.1. The van der Waals surface area contributed by atoms with Gasteiger partial charge in [-0.05, 0) is 19.3 Å². The van der Waals surface area contributed by atoms with Crippen LogP contribution in [0, 0.1) is 0 Å². The maximum atomic E-state index is 13.7. The van der Waals surface area contributed by atoms with Gasteiger partial charge in [-0.2, -0.15) is 0 Å². The van der Waals surface area contributed by atoms with E-state index < -0.39 is 5.67 Å². The molecule has 2 heterocycles. The second-order valence-electron chi connectivity index (χ2n) is 5.10. The fourth-order valence-corrected chi connectivity index (χ4v) is 2.88. The minimum absolute atomic E-state index is 0.0659. The topological polar surface area (TPSA) is 40.6 Å². The number of likely N-dealkylation sites (N-methyl/N-ethyl adjacent to an activating group) is 1. The molecule has 0 aromatic carbocycles. The fraction of sp³-hybridized carbons (Fsp3) is 0.818. The van der Waals surface area contributed by atoms with Crippen LogP contribution in [0.2, 0.25) is 0 Å². The molecule has 4 nitrogen and oxygen atoms in total. The van der Waals surface area contributed by atoms with Gasteiger partial charge in [0.25, 0.3) is 5.91 Å². The van der Waals surface area contributed by atoms with Crippen molar-refractivity contribution in [3.05, 3.63) is 0 Å². The molecule has 0 aromatic rings. The Morgan fingerprint density at radius 2 is 2.12 bits per heavy atom. The summed E-state index contributed by atoms with van der Waals surface area (Å²) in [6, 6.07) is 0.0250. The van der Waals surface area contributed by atoms with E-state index in [1.807, 2.05) is 0 Å². The average Bonchev–Trinajstić information content (AvgIpc) is 2.78. The van der Waals surface area contributed by atoms with Gasteiger partial charge in [0.2, 0.25) is 5.91 Å². The number of nitrogens with zero attached hydrogens (tertiary/aromatic N) is 2. The number of halogens is 1. The first kappa shape index (κ1) is 10.1. The molecule has 2 amide bonds. The van der Waals surface area contributed by atoms with E-state index in [2.05, 4.69) is 0 Å². The molecule has 3 fully saturated rings. The summed E-state index contributed by atoms with van der Waals surface area (Å²) >= 11 is 0. The van der Waals surface area contributed by atoms with Crippen molar-refractivity contribution in [1.29, 1.82) is 0 Å². The number of carbonyl (C=O) groups excluding carboxylic acids is 2. The smallest absolute Gasteiger partial charge is 0.260 e. The van der Waals surface area contributed by atoms with Gasteiger partial charge in [0.1, 0.15) is 0 Å². The molecule has 1 saturated carbocycles. The van der Waals surface area contributed by atoms with Gasteiger partial charge >= 0.3 is 0 Å². The molecule has 0 spiro atoms. The standard InChI is InChI=1S/C11H15FN2O2/c1-13-7-2-5-14(8(7)6-9(13)15)10(16)11(12)3-4-11/h7-8H,2-6H2,1H3/t7-,8-/m0/s1. The molecular weight excluding hydrogens is 211 g/mol. The van der Waals surface area contributed by atoms with Crippen molar-refractivity contribution in [2.45, 2.75) is 43.4 Å². The van der Waals surface area contributed by atoms with Crippen molar-refractivity contribution in [3.8, 4) is 0 Å². The second-order valence-corrected chi connectivity index (χ2v) is 5.10. The number of rotatable bonds is 1. The summed E-state index contributed by atoms with van der Waals surface area (Å²) in [4.78, 5) is 26.7. The van der Waals surface area contributed by atoms with E-state index in [1.165, 1.54) is 0 Å². The molecule has 0 unspecified atom stereocenters. The van der Waals surface area contributed by atoms with Crippen LogP contribution in [0.4, 0.5) is 4.39 Å². The van der Waals surface area contributed by atoms with Crippen molar-refractivity contribution in [3.63, 3.8) is 0 Å². The zero-order chi connectivity index (χ0) is 11.5. The first-order valence-corrected chi connectivity index (χ1v) is 5.78. The van der Waals surface area contributed by atoms with E-state index in [0.29, 0.717) is 25.8 Å². The highest BCUT2D eigenvalue weighted by molar-refractivity contribution is 5.90. The highest BCUT2D eigenvalue weighted by Crippen LogP contribution is 2.44. The highest BCUT2D eigenvalue weighted by Gasteiger charge is 2.57. The quantitative estimate of drug-likeness (QED) is 0.646. The molecule has 0 N–H and O–H groups in total. The van der Waals surface area contributed by atoms with Gasteiger partial charge in [-0.3, -0.25) is 9.59 Å². The lowest BCUT2D eigenvalue weighted by molar-refractivity contribution is -0.139. The third-order valence-corrected chi connectivity index (χ3v) is 4.12. The molecule has 0 radical (unpaired) electrons. The minimum Gasteiger partial charge on any atom is -0.341 e. The van der Waals surface area contributed by atoms with Crippen LogP contribution >= 0.6 is 0 Å². The molecule has 0 bridgehead atoms. The third kappa shape index (κ3) is 1.20. The maximum absolute atomic E-state index is 13.7.